The van der Waals surface area contributed by atoms with Gasteiger partial charge in [-0.15, -0.1) is 22.9 Å². The van der Waals surface area contributed by atoms with Gasteiger partial charge < -0.3 is 0 Å². The first-order chi connectivity index (χ1) is 9.50. The van der Waals surface area contributed by atoms with Crippen LogP contribution in [0.15, 0.2) is 40.6 Å². The summed E-state index contributed by atoms with van der Waals surface area (Å²) in [4.78, 5) is 0.898. The van der Waals surface area contributed by atoms with E-state index in [9.17, 15) is 8.42 Å². The van der Waals surface area contributed by atoms with Crippen LogP contribution in [-0.2, 0) is 15.9 Å². The highest BCUT2D eigenvalue weighted by Crippen LogP contribution is 2.31. The SMILES string of the molecule is CCN(c1ccccc1)S(=O)(=O)c1cc(C)c(CCl)s1. The molecule has 1 aromatic carbocycles. The first-order valence-electron chi connectivity index (χ1n) is 6.23. The van der Waals surface area contributed by atoms with E-state index >= 15 is 0 Å². The fraction of sp³-hybridized carbons (Fsp3) is 0.286. The van der Waals surface area contributed by atoms with E-state index < -0.39 is 10.0 Å². The molecule has 0 fully saturated rings. The molecule has 0 saturated heterocycles. The van der Waals surface area contributed by atoms with Crippen molar-refractivity contribution in [3.8, 4) is 0 Å². The van der Waals surface area contributed by atoms with Crippen molar-refractivity contribution in [3.63, 3.8) is 0 Å². The summed E-state index contributed by atoms with van der Waals surface area (Å²) in [6.07, 6.45) is 0. The van der Waals surface area contributed by atoms with E-state index in [-0.39, 0.29) is 0 Å². The number of thiophene rings is 1. The molecule has 0 saturated carbocycles. The summed E-state index contributed by atoms with van der Waals surface area (Å²) in [5, 5.41) is 0. The number of sulfonamides is 1. The molecule has 1 heterocycles. The number of aryl methyl sites for hydroxylation is 1. The molecule has 0 spiro atoms. The zero-order chi connectivity index (χ0) is 14.8. The van der Waals surface area contributed by atoms with E-state index in [2.05, 4.69) is 0 Å². The van der Waals surface area contributed by atoms with Gasteiger partial charge in [0, 0.05) is 11.4 Å². The average molecular weight is 330 g/mol. The quantitative estimate of drug-likeness (QED) is 0.777. The Morgan fingerprint density at radius 2 is 1.90 bits per heavy atom. The summed E-state index contributed by atoms with van der Waals surface area (Å²) in [7, 11) is -3.52. The van der Waals surface area contributed by atoms with Crippen LogP contribution in [0.5, 0.6) is 0 Å². The minimum absolute atomic E-state index is 0.337. The fourth-order valence-corrected chi connectivity index (χ4v) is 5.35. The van der Waals surface area contributed by atoms with Gasteiger partial charge in [-0.3, -0.25) is 4.31 Å². The van der Waals surface area contributed by atoms with Crippen molar-refractivity contribution < 1.29 is 8.42 Å². The largest absolute Gasteiger partial charge is 0.273 e. The first-order valence-corrected chi connectivity index (χ1v) is 9.03. The van der Waals surface area contributed by atoms with Crippen molar-refractivity contribution in [2.24, 2.45) is 0 Å². The lowest BCUT2D eigenvalue weighted by Gasteiger charge is -2.21. The summed E-state index contributed by atoms with van der Waals surface area (Å²) >= 11 is 7.07. The second kappa shape index (κ2) is 6.16. The van der Waals surface area contributed by atoms with Gasteiger partial charge >= 0.3 is 0 Å². The zero-order valence-corrected chi connectivity index (χ0v) is 13.7. The normalized spacial score (nSPS) is 11.6. The van der Waals surface area contributed by atoms with Crippen LogP contribution in [0.4, 0.5) is 5.69 Å². The highest BCUT2D eigenvalue weighted by molar-refractivity contribution is 7.94. The lowest BCUT2D eigenvalue weighted by molar-refractivity contribution is 0.594. The van der Waals surface area contributed by atoms with E-state index in [0.29, 0.717) is 22.3 Å². The maximum absolute atomic E-state index is 12.7. The Bertz CT molecular complexity index is 680. The summed E-state index contributed by atoms with van der Waals surface area (Å²) in [5.74, 6) is 0.337. The van der Waals surface area contributed by atoms with Gasteiger partial charge in [0.1, 0.15) is 4.21 Å². The Hall–Kier alpha value is -1.04. The minimum atomic E-state index is -3.52. The molecule has 0 atom stereocenters. The van der Waals surface area contributed by atoms with Crippen LogP contribution >= 0.6 is 22.9 Å². The second-order valence-corrected chi connectivity index (χ2v) is 7.80. The molecule has 0 aliphatic rings. The van der Waals surface area contributed by atoms with Gasteiger partial charge in [-0.1, -0.05) is 18.2 Å². The van der Waals surface area contributed by atoms with E-state index in [1.807, 2.05) is 32.0 Å². The summed E-state index contributed by atoms with van der Waals surface area (Å²) in [5.41, 5.74) is 1.60. The zero-order valence-electron chi connectivity index (χ0n) is 11.3. The van der Waals surface area contributed by atoms with E-state index in [1.54, 1.807) is 18.2 Å². The molecule has 20 heavy (non-hydrogen) atoms. The van der Waals surface area contributed by atoms with Crippen LogP contribution in [0, 0.1) is 6.92 Å². The lowest BCUT2D eigenvalue weighted by atomic mass is 10.3. The lowest BCUT2D eigenvalue weighted by Crippen LogP contribution is -2.30. The van der Waals surface area contributed by atoms with Gasteiger partial charge in [-0.05, 0) is 37.6 Å². The molecule has 3 nitrogen and oxygen atoms in total. The van der Waals surface area contributed by atoms with Crippen LogP contribution in [0.25, 0.3) is 0 Å². The highest BCUT2D eigenvalue weighted by Gasteiger charge is 2.26. The molecule has 0 bridgehead atoms. The number of benzene rings is 1. The monoisotopic (exact) mass is 329 g/mol. The molecule has 108 valence electrons. The van der Waals surface area contributed by atoms with Crippen molar-refractivity contribution in [3.05, 3.63) is 46.8 Å². The molecule has 0 amide bonds. The smallest absolute Gasteiger partial charge is 0.266 e. The third-order valence-electron chi connectivity index (χ3n) is 3.00. The third-order valence-corrected chi connectivity index (χ3v) is 7.01. The Balaban J connectivity index is 2.47. The summed E-state index contributed by atoms with van der Waals surface area (Å²) in [6.45, 7) is 4.10. The van der Waals surface area contributed by atoms with Crippen LogP contribution in [0.2, 0.25) is 0 Å². The van der Waals surface area contributed by atoms with Gasteiger partial charge in [-0.2, -0.15) is 0 Å². The van der Waals surface area contributed by atoms with E-state index in [1.165, 1.54) is 15.6 Å². The van der Waals surface area contributed by atoms with E-state index in [4.69, 9.17) is 11.6 Å². The number of nitrogens with zero attached hydrogens (tertiary/aromatic N) is 1. The van der Waals surface area contributed by atoms with Gasteiger partial charge in [0.25, 0.3) is 10.0 Å². The molecule has 6 heteroatoms. The Morgan fingerprint density at radius 3 is 2.40 bits per heavy atom. The van der Waals surface area contributed by atoms with Crippen molar-refractivity contribution in [1.82, 2.24) is 0 Å². The van der Waals surface area contributed by atoms with Crippen molar-refractivity contribution in [1.29, 1.82) is 0 Å². The minimum Gasteiger partial charge on any atom is -0.266 e. The maximum Gasteiger partial charge on any atom is 0.273 e. The Morgan fingerprint density at radius 1 is 1.25 bits per heavy atom. The van der Waals surface area contributed by atoms with Gasteiger partial charge in [0.05, 0.1) is 11.6 Å². The highest BCUT2D eigenvalue weighted by atomic mass is 35.5. The number of hydrogen-bond acceptors (Lipinski definition) is 3. The molecule has 0 N–H and O–H groups in total. The van der Waals surface area contributed by atoms with Crippen LogP contribution in [0.3, 0.4) is 0 Å². The fourth-order valence-electron chi connectivity index (χ4n) is 1.94. The standard InChI is InChI=1S/C14H16ClNO2S2/c1-3-16(12-7-5-4-6-8-12)20(17,18)14-9-11(2)13(10-15)19-14/h4-9H,3,10H2,1-2H3. The molecular formula is C14H16ClNO2S2. The second-order valence-electron chi connectivity index (χ2n) is 4.31. The van der Waals surface area contributed by atoms with E-state index in [0.717, 1.165) is 10.4 Å². The molecule has 0 aliphatic carbocycles. The summed E-state index contributed by atoms with van der Waals surface area (Å²) < 4.78 is 27.2. The number of para-hydroxylation sites is 1. The maximum atomic E-state index is 12.7. The molecule has 0 unspecified atom stereocenters. The molecule has 2 rings (SSSR count). The molecule has 0 radical (unpaired) electrons. The Labute approximate surface area is 128 Å². The topological polar surface area (TPSA) is 37.4 Å². The van der Waals surface area contributed by atoms with Crippen LogP contribution in [-0.4, -0.2) is 15.0 Å². The van der Waals surface area contributed by atoms with Crippen molar-refractivity contribution >= 4 is 38.6 Å². The molecule has 2 aromatic rings. The van der Waals surface area contributed by atoms with Crippen LogP contribution in [0.1, 0.15) is 17.4 Å². The number of alkyl halides is 1. The van der Waals surface area contributed by atoms with Gasteiger partial charge in [0.15, 0.2) is 0 Å². The van der Waals surface area contributed by atoms with Gasteiger partial charge in [0.2, 0.25) is 0 Å². The summed E-state index contributed by atoms with van der Waals surface area (Å²) in [6, 6.07) is 10.8. The molecule has 0 aliphatic heterocycles. The first kappa shape index (κ1) is 15.4. The van der Waals surface area contributed by atoms with Gasteiger partial charge in [-0.25, -0.2) is 8.42 Å². The van der Waals surface area contributed by atoms with Crippen LogP contribution < -0.4 is 4.31 Å². The predicted octanol–water partition coefficient (Wildman–Crippen LogP) is 4.01. The number of anilines is 1. The van der Waals surface area contributed by atoms with Crippen molar-refractivity contribution in [2.45, 2.75) is 23.9 Å². The molecular weight excluding hydrogens is 314 g/mol. The predicted molar refractivity (Wildman–Crippen MR) is 85.3 cm³/mol. The number of hydrogen-bond donors (Lipinski definition) is 0. The Kier molecular flexibility index (Phi) is 4.73. The molecule has 1 aromatic heterocycles. The van der Waals surface area contributed by atoms with Crippen molar-refractivity contribution in [2.75, 3.05) is 10.8 Å². The third kappa shape index (κ3) is 2.85. The number of halogens is 1. The average Bonchev–Trinajstić information content (AvgIpc) is 2.82. The number of rotatable bonds is 5.